The van der Waals surface area contributed by atoms with Crippen molar-refractivity contribution in [1.29, 1.82) is 0 Å². The summed E-state index contributed by atoms with van der Waals surface area (Å²) in [5, 5.41) is 5.38. The Labute approximate surface area is 135 Å². The van der Waals surface area contributed by atoms with Crippen molar-refractivity contribution in [3.05, 3.63) is 72.4 Å². The molecular weight excluding hydrogens is 288 g/mol. The predicted octanol–water partition coefficient (Wildman–Crippen LogP) is 3.85. The summed E-state index contributed by atoms with van der Waals surface area (Å²) >= 11 is 0. The summed E-state index contributed by atoms with van der Waals surface area (Å²) in [6.07, 6.45) is 2.62. The van der Waals surface area contributed by atoms with Crippen LogP contribution >= 0.6 is 0 Å². The average molecular weight is 306 g/mol. The third kappa shape index (κ3) is 2.88. The number of hydrogen-bond donors (Lipinski definition) is 0. The summed E-state index contributed by atoms with van der Waals surface area (Å²) in [7, 11) is 1.63. The van der Waals surface area contributed by atoms with Gasteiger partial charge in [0.05, 0.1) is 12.6 Å². The lowest BCUT2D eigenvalue weighted by Gasteiger charge is -2.03. The summed E-state index contributed by atoms with van der Waals surface area (Å²) in [5.74, 6) is 0.675. The van der Waals surface area contributed by atoms with Crippen LogP contribution in [0, 0.1) is 0 Å². The second-order valence-corrected chi connectivity index (χ2v) is 5.23. The van der Waals surface area contributed by atoms with Crippen molar-refractivity contribution in [3.63, 3.8) is 0 Å². The zero-order valence-electron chi connectivity index (χ0n) is 13.0. The Bertz CT molecular complexity index is 850. The van der Waals surface area contributed by atoms with E-state index in [0.29, 0.717) is 17.8 Å². The van der Waals surface area contributed by atoms with Gasteiger partial charge in [0, 0.05) is 23.6 Å². The van der Waals surface area contributed by atoms with Crippen LogP contribution in [-0.2, 0) is 6.54 Å². The number of rotatable bonds is 6. The fourth-order valence-electron chi connectivity index (χ4n) is 2.56. The van der Waals surface area contributed by atoms with E-state index in [-0.39, 0.29) is 5.78 Å². The second kappa shape index (κ2) is 6.48. The Balaban J connectivity index is 2.13. The minimum Gasteiger partial charge on any atom is -0.497 e. The molecule has 23 heavy (non-hydrogen) atoms. The number of ketones is 1. The molecular formula is C19H18N2O2. The molecule has 0 aliphatic heterocycles. The Morgan fingerprint density at radius 3 is 2.74 bits per heavy atom. The van der Waals surface area contributed by atoms with Gasteiger partial charge in [0.15, 0.2) is 0 Å². The van der Waals surface area contributed by atoms with Crippen LogP contribution in [0.25, 0.3) is 10.9 Å². The molecule has 0 radical (unpaired) electrons. The highest BCUT2D eigenvalue weighted by atomic mass is 16.5. The van der Waals surface area contributed by atoms with Gasteiger partial charge in [0.25, 0.3) is 0 Å². The number of carbonyl (C=O) groups is 1. The number of aromatic nitrogens is 2. The number of carbonyl (C=O) groups excluding carboxylic acids is 1. The minimum absolute atomic E-state index is 0.0712. The molecule has 0 saturated carbocycles. The third-order valence-corrected chi connectivity index (χ3v) is 3.75. The van der Waals surface area contributed by atoms with Crippen LogP contribution in [-0.4, -0.2) is 22.7 Å². The largest absolute Gasteiger partial charge is 0.497 e. The number of hydrogen-bond acceptors (Lipinski definition) is 3. The van der Waals surface area contributed by atoms with E-state index in [1.54, 1.807) is 19.2 Å². The smallest absolute Gasteiger partial charge is 0.213 e. The van der Waals surface area contributed by atoms with Crippen LogP contribution < -0.4 is 4.74 Å². The maximum absolute atomic E-state index is 12.8. The first-order chi connectivity index (χ1) is 11.2. The normalized spacial score (nSPS) is 10.7. The number of methoxy groups -OCH3 is 1. The molecule has 1 heterocycles. The third-order valence-electron chi connectivity index (χ3n) is 3.75. The Morgan fingerprint density at radius 2 is 2.04 bits per heavy atom. The van der Waals surface area contributed by atoms with Gasteiger partial charge in [-0.1, -0.05) is 36.4 Å². The molecule has 4 heteroatoms. The van der Waals surface area contributed by atoms with Crippen molar-refractivity contribution in [2.75, 3.05) is 7.11 Å². The number of ether oxygens (including phenoxy) is 1. The molecule has 2 aromatic carbocycles. The second-order valence-electron chi connectivity index (χ2n) is 5.23. The van der Waals surface area contributed by atoms with Crippen molar-refractivity contribution in [2.45, 2.75) is 13.0 Å². The quantitative estimate of drug-likeness (QED) is 0.513. The van der Waals surface area contributed by atoms with Gasteiger partial charge in [-0.25, -0.2) is 0 Å². The number of fused-ring (bicyclic) bond motifs is 1. The van der Waals surface area contributed by atoms with Crippen LogP contribution in [0.3, 0.4) is 0 Å². The average Bonchev–Trinajstić information content (AvgIpc) is 2.97. The molecule has 0 spiro atoms. The number of aryl methyl sites for hydroxylation is 1. The molecule has 0 N–H and O–H groups in total. The zero-order valence-corrected chi connectivity index (χ0v) is 13.0. The van der Waals surface area contributed by atoms with Gasteiger partial charge in [-0.15, -0.1) is 6.58 Å². The number of benzene rings is 2. The Morgan fingerprint density at radius 1 is 1.26 bits per heavy atom. The first-order valence-electron chi connectivity index (χ1n) is 7.50. The molecule has 0 unspecified atom stereocenters. The summed E-state index contributed by atoms with van der Waals surface area (Å²) in [6, 6.07) is 14.9. The van der Waals surface area contributed by atoms with Crippen molar-refractivity contribution in [2.24, 2.45) is 0 Å². The van der Waals surface area contributed by atoms with Gasteiger partial charge >= 0.3 is 0 Å². The standard InChI is InChI=1S/C19H18N2O2/c1-3-4-12-21-17-13-15(23-2)10-11-16(17)18(20-21)19(22)14-8-6-5-7-9-14/h3,5-11,13H,1,4,12H2,2H3. The molecule has 116 valence electrons. The van der Waals surface area contributed by atoms with Crippen molar-refractivity contribution >= 4 is 16.7 Å². The zero-order chi connectivity index (χ0) is 16.2. The van der Waals surface area contributed by atoms with Gasteiger partial charge in [-0.05, 0) is 18.6 Å². The predicted molar refractivity (Wildman–Crippen MR) is 91.0 cm³/mol. The fourth-order valence-corrected chi connectivity index (χ4v) is 2.56. The molecule has 0 fully saturated rings. The highest BCUT2D eigenvalue weighted by Gasteiger charge is 2.18. The van der Waals surface area contributed by atoms with Gasteiger partial charge in [0.1, 0.15) is 11.4 Å². The number of nitrogens with zero attached hydrogens (tertiary/aromatic N) is 2. The monoisotopic (exact) mass is 306 g/mol. The van der Waals surface area contributed by atoms with Gasteiger partial charge in [-0.2, -0.15) is 5.10 Å². The lowest BCUT2D eigenvalue weighted by atomic mass is 10.1. The Kier molecular flexibility index (Phi) is 4.24. The van der Waals surface area contributed by atoms with Crippen molar-refractivity contribution in [3.8, 4) is 5.75 Å². The maximum Gasteiger partial charge on any atom is 0.213 e. The first-order valence-corrected chi connectivity index (χ1v) is 7.50. The van der Waals surface area contributed by atoms with Crippen molar-refractivity contribution < 1.29 is 9.53 Å². The highest BCUT2D eigenvalue weighted by Crippen LogP contribution is 2.25. The highest BCUT2D eigenvalue weighted by molar-refractivity contribution is 6.14. The minimum atomic E-state index is -0.0712. The van der Waals surface area contributed by atoms with Gasteiger partial charge in [0.2, 0.25) is 5.78 Å². The summed E-state index contributed by atoms with van der Waals surface area (Å²) in [5.41, 5.74) is 2.00. The molecule has 0 atom stereocenters. The molecule has 4 nitrogen and oxygen atoms in total. The Hall–Kier alpha value is -2.88. The molecule has 0 aliphatic rings. The summed E-state index contributed by atoms with van der Waals surface area (Å²) in [4.78, 5) is 12.8. The molecule has 3 aromatic rings. The van der Waals surface area contributed by atoms with Crippen LogP contribution in [0.2, 0.25) is 0 Å². The van der Waals surface area contributed by atoms with E-state index in [0.717, 1.165) is 23.1 Å². The van der Waals surface area contributed by atoms with E-state index in [1.165, 1.54) is 0 Å². The molecule has 0 amide bonds. The van der Waals surface area contributed by atoms with E-state index in [4.69, 9.17) is 4.74 Å². The molecule has 1 aromatic heterocycles. The molecule has 3 rings (SSSR count). The van der Waals surface area contributed by atoms with E-state index in [1.807, 2.05) is 47.2 Å². The molecule has 0 bridgehead atoms. The van der Waals surface area contributed by atoms with Crippen LogP contribution in [0.4, 0.5) is 0 Å². The molecule has 0 aliphatic carbocycles. The van der Waals surface area contributed by atoms with Gasteiger partial charge in [-0.3, -0.25) is 9.48 Å². The lowest BCUT2D eigenvalue weighted by Crippen LogP contribution is -2.05. The summed E-state index contributed by atoms with van der Waals surface area (Å²) < 4.78 is 7.13. The maximum atomic E-state index is 12.8. The topological polar surface area (TPSA) is 44.1 Å². The van der Waals surface area contributed by atoms with Crippen molar-refractivity contribution in [1.82, 2.24) is 9.78 Å². The van der Waals surface area contributed by atoms with E-state index < -0.39 is 0 Å². The van der Waals surface area contributed by atoms with Crippen LogP contribution in [0.1, 0.15) is 22.5 Å². The van der Waals surface area contributed by atoms with E-state index in [2.05, 4.69) is 11.7 Å². The van der Waals surface area contributed by atoms with Crippen LogP contribution in [0.15, 0.2) is 61.2 Å². The van der Waals surface area contributed by atoms with E-state index in [9.17, 15) is 4.79 Å². The number of allylic oxidation sites excluding steroid dienone is 1. The van der Waals surface area contributed by atoms with E-state index >= 15 is 0 Å². The van der Waals surface area contributed by atoms with Gasteiger partial charge < -0.3 is 4.74 Å². The SMILES string of the molecule is C=CCCn1nc(C(=O)c2ccccc2)c2ccc(OC)cc21. The fraction of sp³-hybridized carbons (Fsp3) is 0.158. The lowest BCUT2D eigenvalue weighted by molar-refractivity contribution is 0.103. The summed E-state index contributed by atoms with van der Waals surface area (Å²) in [6.45, 7) is 4.42. The first kappa shape index (κ1) is 15.0. The van der Waals surface area contributed by atoms with Crippen LogP contribution in [0.5, 0.6) is 5.75 Å². The molecule has 0 saturated heterocycles.